The minimum Gasteiger partial charge on any atom is -0.362 e. The Hall–Kier alpha value is -2.59. The molecule has 1 aromatic heterocycles. The fourth-order valence-corrected chi connectivity index (χ4v) is 5.67. The Balaban J connectivity index is 1.63. The zero-order chi connectivity index (χ0) is 26.0. The molecular formula is C24H35ClN6O3S. The SMILES string of the molecule is Cc1cnc(NC2CCC(NC(=O)N(C)C(C)(c3ccc(Cl)cc3)S(C)(=O)=O)CC2)nc1N(C)C. The monoisotopic (exact) mass is 522 g/mol. The van der Waals surface area contributed by atoms with Gasteiger partial charge in [-0.2, -0.15) is 4.98 Å². The van der Waals surface area contributed by atoms with Crippen molar-refractivity contribution >= 4 is 39.2 Å². The minimum absolute atomic E-state index is 0.0479. The first-order valence-electron chi connectivity index (χ1n) is 11.6. The molecule has 1 fully saturated rings. The summed E-state index contributed by atoms with van der Waals surface area (Å²) < 4.78 is 25.6. The molecule has 1 unspecified atom stereocenters. The summed E-state index contributed by atoms with van der Waals surface area (Å²) in [5.74, 6) is 1.47. The number of carbonyl (C=O) groups is 1. The summed E-state index contributed by atoms with van der Waals surface area (Å²) in [6.07, 6.45) is 6.15. The van der Waals surface area contributed by atoms with E-state index < -0.39 is 20.7 Å². The number of rotatable bonds is 7. The normalized spacial score (nSPS) is 20.0. The Morgan fingerprint density at radius 2 is 1.66 bits per heavy atom. The van der Waals surface area contributed by atoms with E-state index in [0.29, 0.717) is 16.5 Å². The lowest BCUT2D eigenvalue weighted by molar-refractivity contribution is 0.173. The number of sulfone groups is 1. The van der Waals surface area contributed by atoms with Gasteiger partial charge < -0.3 is 20.4 Å². The van der Waals surface area contributed by atoms with E-state index in [1.807, 2.05) is 32.1 Å². The van der Waals surface area contributed by atoms with Crippen LogP contribution in [-0.4, -0.2) is 68.8 Å². The first kappa shape index (κ1) is 27.0. The molecule has 0 bridgehead atoms. The number of aryl methyl sites for hydroxylation is 1. The van der Waals surface area contributed by atoms with Crippen molar-refractivity contribution in [2.45, 2.75) is 56.5 Å². The van der Waals surface area contributed by atoms with Crippen molar-refractivity contribution in [1.29, 1.82) is 0 Å². The van der Waals surface area contributed by atoms with Gasteiger partial charge in [0, 0.05) is 56.3 Å². The maximum absolute atomic E-state index is 13.1. The van der Waals surface area contributed by atoms with Gasteiger partial charge in [-0.15, -0.1) is 0 Å². The van der Waals surface area contributed by atoms with Crippen LogP contribution >= 0.6 is 11.6 Å². The molecule has 0 radical (unpaired) electrons. The molecule has 2 N–H and O–H groups in total. The van der Waals surface area contributed by atoms with E-state index in [9.17, 15) is 13.2 Å². The second-order valence-corrected chi connectivity index (χ2v) is 12.3. The molecule has 192 valence electrons. The molecule has 0 saturated heterocycles. The summed E-state index contributed by atoms with van der Waals surface area (Å²) in [7, 11) is 1.73. The van der Waals surface area contributed by atoms with E-state index in [2.05, 4.69) is 20.6 Å². The average molecular weight is 523 g/mol. The predicted molar refractivity (Wildman–Crippen MR) is 141 cm³/mol. The third kappa shape index (κ3) is 5.98. The van der Waals surface area contributed by atoms with Crippen molar-refractivity contribution < 1.29 is 13.2 Å². The molecular weight excluding hydrogens is 488 g/mol. The smallest absolute Gasteiger partial charge is 0.318 e. The number of nitrogens with one attached hydrogen (secondary N) is 2. The molecule has 11 heteroatoms. The zero-order valence-corrected chi connectivity index (χ0v) is 22.7. The molecule has 1 aliphatic carbocycles. The van der Waals surface area contributed by atoms with Crippen LogP contribution in [0.3, 0.4) is 0 Å². The Morgan fingerprint density at radius 1 is 1.09 bits per heavy atom. The number of carbonyl (C=O) groups excluding carboxylic acids is 1. The van der Waals surface area contributed by atoms with E-state index in [1.165, 1.54) is 18.9 Å². The van der Waals surface area contributed by atoms with E-state index in [-0.39, 0.29) is 12.1 Å². The lowest BCUT2D eigenvalue weighted by Crippen LogP contribution is -2.55. The van der Waals surface area contributed by atoms with E-state index in [4.69, 9.17) is 11.6 Å². The Labute approximate surface area is 213 Å². The van der Waals surface area contributed by atoms with Gasteiger partial charge in [0.1, 0.15) is 5.82 Å². The van der Waals surface area contributed by atoms with Crippen LogP contribution in [0.15, 0.2) is 30.5 Å². The van der Waals surface area contributed by atoms with Gasteiger partial charge in [0.2, 0.25) is 5.95 Å². The predicted octanol–water partition coefficient (Wildman–Crippen LogP) is 3.79. The first-order valence-corrected chi connectivity index (χ1v) is 13.9. The maximum Gasteiger partial charge on any atom is 0.318 e. The molecule has 0 aliphatic heterocycles. The molecule has 0 spiro atoms. The fourth-order valence-electron chi connectivity index (χ4n) is 4.40. The number of hydrogen-bond donors (Lipinski definition) is 2. The number of urea groups is 1. The Morgan fingerprint density at radius 3 is 2.20 bits per heavy atom. The van der Waals surface area contributed by atoms with Crippen LogP contribution in [0.4, 0.5) is 16.6 Å². The molecule has 1 heterocycles. The minimum atomic E-state index is -3.68. The fraction of sp³-hybridized carbons (Fsp3) is 0.542. The van der Waals surface area contributed by atoms with E-state index in [1.54, 1.807) is 24.3 Å². The zero-order valence-electron chi connectivity index (χ0n) is 21.2. The van der Waals surface area contributed by atoms with Gasteiger partial charge >= 0.3 is 6.03 Å². The lowest BCUT2D eigenvalue weighted by atomic mass is 9.91. The summed E-state index contributed by atoms with van der Waals surface area (Å²) in [5, 5.41) is 6.93. The molecule has 1 atom stereocenters. The largest absolute Gasteiger partial charge is 0.362 e. The van der Waals surface area contributed by atoms with E-state index in [0.717, 1.165) is 43.3 Å². The van der Waals surface area contributed by atoms with Crippen molar-refractivity contribution in [1.82, 2.24) is 20.2 Å². The third-order valence-corrected chi connectivity index (χ3v) is 9.01. The van der Waals surface area contributed by atoms with Crippen LogP contribution in [0.1, 0.15) is 43.7 Å². The van der Waals surface area contributed by atoms with Crippen LogP contribution in [0, 0.1) is 6.92 Å². The van der Waals surface area contributed by atoms with Crippen LogP contribution in [0.2, 0.25) is 5.02 Å². The molecule has 1 saturated carbocycles. The van der Waals surface area contributed by atoms with Gasteiger partial charge in [-0.1, -0.05) is 23.7 Å². The van der Waals surface area contributed by atoms with E-state index >= 15 is 0 Å². The summed E-state index contributed by atoms with van der Waals surface area (Å²) in [6, 6.07) is 6.25. The highest BCUT2D eigenvalue weighted by Crippen LogP contribution is 2.34. The summed E-state index contributed by atoms with van der Waals surface area (Å²) >= 11 is 5.98. The number of aromatic nitrogens is 2. The van der Waals surface area contributed by atoms with Crippen molar-refractivity contribution in [3.8, 4) is 0 Å². The molecule has 1 aliphatic rings. The van der Waals surface area contributed by atoms with Gasteiger partial charge in [0.05, 0.1) is 0 Å². The second kappa shape index (κ2) is 10.6. The van der Waals surface area contributed by atoms with Crippen molar-refractivity contribution in [3.05, 3.63) is 46.6 Å². The number of amides is 2. The number of anilines is 2. The van der Waals surface area contributed by atoms with Crippen LogP contribution in [-0.2, 0) is 14.7 Å². The average Bonchev–Trinajstić information content (AvgIpc) is 2.80. The number of nitrogens with zero attached hydrogens (tertiary/aromatic N) is 4. The van der Waals surface area contributed by atoms with Gasteiger partial charge in [-0.25, -0.2) is 18.2 Å². The highest BCUT2D eigenvalue weighted by Gasteiger charge is 2.44. The summed E-state index contributed by atoms with van der Waals surface area (Å²) in [5.41, 5.74) is 1.49. The second-order valence-electron chi connectivity index (χ2n) is 9.56. The van der Waals surface area contributed by atoms with Gasteiger partial charge in [-0.05, 0) is 57.2 Å². The van der Waals surface area contributed by atoms with Crippen LogP contribution < -0.4 is 15.5 Å². The molecule has 9 nitrogen and oxygen atoms in total. The molecule has 3 rings (SSSR count). The highest BCUT2D eigenvalue weighted by molar-refractivity contribution is 7.91. The Bertz CT molecular complexity index is 1150. The molecule has 2 amide bonds. The first-order chi connectivity index (χ1) is 16.3. The van der Waals surface area contributed by atoms with Crippen molar-refractivity contribution in [2.75, 3.05) is 37.6 Å². The maximum atomic E-state index is 13.1. The topological polar surface area (TPSA) is 108 Å². The highest BCUT2D eigenvalue weighted by atomic mass is 35.5. The Kier molecular flexibility index (Phi) is 8.16. The number of hydrogen-bond acceptors (Lipinski definition) is 7. The number of benzene rings is 1. The third-order valence-electron chi connectivity index (χ3n) is 6.80. The van der Waals surface area contributed by atoms with Crippen molar-refractivity contribution in [2.24, 2.45) is 0 Å². The lowest BCUT2D eigenvalue weighted by Gasteiger charge is -2.39. The van der Waals surface area contributed by atoms with Gasteiger partial charge in [0.15, 0.2) is 14.7 Å². The quantitative estimate of drug-likeness (QED) is 0.569. The number of halogens is 1. The van der Waals surface area contributed by atoms with Crippen molar-refractivity contribution in [3.63, 3.8) is 0 Å². The van der Waals surface area contributed by atoms with Crippen LogP contribution in [0.25, 0.3) is 0 Å². The summed E-state index contributed by atoms with van der Waals surface area (Å²) in [6.45, 7) is 3.52. The molecule has 2 aromatic rings. The summed E-state index contributed by atoms with van der Waals surface area (Å²) in [4.78, 5) is 23.8. The van der Waals surface area contributed by atoms with Crippen LogP contribution in [0.5, 0.6) is 0 Å². The standard InChI is InChI=1S/C24H35ClN6O3S/c1-16-15-26-22(29-21(16)30(3)4)27-19-11-13-20(14-12-19)28-23(32)31(5)24(2,35(6,33)34)17-7-9-18(25)10-8-17/h7-10,15,19-20H,11-14H2,1-6H3,(H,28,32)(H,26,27,29). The van der Waals surface area contributed by atoms with Gasteiger partial charge in [-0.3, -0.25) is 0 Å². The molecule has 35 heavy (non-hydrogen) atoms. The molecule has 1 aromatic carbocycles. The van der Waals surface area contributed by atoms with Gasteiger partial charge in [0.25, 0.3) is 0 Å².